The van der Waals surface area contributed by atoms with Crippen molar-refractivity contribution in [3.05, 3.63) is 23.8 Å². The van der Waals surface area contributed by atoms with Crippen LogP contribution in [0.3, 0.4) is 0 Å². The minimum atomic E-state index is -0.341. The molecule has 6 heteroatoms. The Morgan fingerprint density at radius 1 is 1.55 bits per heavy atom. The highest BCUT2D eigenvalue weighted by atomic mass is 16.5. The maximum absolute atomic E-state index is 12.0. The van der Waals surface area contributed by atoms with Gasteiger partial charge in [-0.05, 0) is 25.1 Å². The van der Waals surface area contributed by atoms with Gasteiger partial charge in [0.1, 0.15) is 5.75 Å². The van der Waals surface area contributed by atoms with Gasteiger partial charge in [0.05, 0.1) is 19.1 Å². The molecule has 1 aromatic carbocycles. The quantitative estimate of drug-likeness (QED) is 0.738. The van der Waals surface area contributed by atoms with Crippen molar-refractivity contribution in [1.82, 2.24) is 5.32 Å². The molecule has 0 bridgehead atoms. The second kappa shape index (κ2) is 6.38. The van der Waals surface area contributed by atoms with Crippen molar-refractivity contribution < 1.29 is 19.4 Å². The molecule has 6 nitrogen and oxygen atoms in total. The van der Waals surface area contributed by atoms with Crippen molar-refractivity contribution >= 4 is 17.5 Å². The molecular formula is C14H18N2O4. The van der Waals surface area contributed by atoms with Crippen LogP contribution in [0, 0.1) is 5.92 Å². The highest BCUT2D eigenvalue weighted by Crippen LogP contribution is 2.23. The number of hydrogen-bond acceptors (Lipinski definition) is 4. The van der Waals surface area contributed by atoms with Crippen molar-refractivity contribution in [3.8, 4) is 5.75 Å². The smallest absolute Gasteiger partial charge is 0.229 e. The lowest BCUT2D eigenvalue weighted by molar-refractivity contribution is -0.123. The molecule has 0 radical (unpaired) electrons. The van der Waals surface area contributed by atoms with Crippen molar-refractivity contribution in [2.75, 3.05) is 18.5 Å². The summed E-state index contributed by atoms with van der Waals surface area (Å²) >= 11 is 0. The van der Waals surface area contributed by atoms with Gasteiger partial charge >= 0.3 is 0 Å². The molecule has 1 aromatic rings. The Hall–Kier alpha value is -2.08. The van der Waals surface area contributed by atoms with E-state index in [1.807, 2.05) is 6.92 Å². The van der Waals surface area contributed by atoms with Crippen LogP contribution < -0.4 is 15.4 Å². The molecular weight excluding hydrogens is 260 g/mol. The van der Waals surface area contributed by atoms with E-state index >= 15 is 0 Å². The molecule has 2 amide bonds. The van der Waals surface area contributed by atoms with E-state index in [9.17, 15) is 14.7 Å². The van der Waals surface area contributed by atoms with Gasteiger partial charge in [0.25, 0.3) is 0 Å². The largest absolute Gasteiger partial charge is 0.494 e. The highest BCUT2D eigenvalue weighted by Gasteiger charge is 2.27. The lowest BCUT2D eigenvalue weighted by Crippen LogP contribution is -2.24. The van der Waals surface area contributed by atoms with Gasteiger partial charge in [-0.3, -0.25) is 9.59 Å². The Labute approximate surface area is 117 Å². The van der Waals surface area contributed by atoms with Gasteiger partial charge in [-0.25, -0.2) is 0 Å². The molecule has 1 heterocycles. The van der Waals surface area contributed by atoms with Gasteiger partial charge in [0, 0.05) is 24.2 Å². The van der Waals surface area contributed by atoms with E-state index in [1.165, 1.54) is 0 Å². The summed E-state index contributed by atoms with van der Waals surface area (Å²) in [6.07, 6.45) is 0.218. The molecule has 0 spiro atoms. The minimum Gasteiger partial charge on any atom is -0.494 e. The summed E-state index contributed by atoms with van der Waals surface area (Å²) in [5.74, 6) is -0.0401. The molecule has 3 N–H and O–H groups in total. The van der Waals surface area contributed by atoms with Crippen LogP contribution in [0.5, 0.6) is 5.75 Å². The number of aliphatic hydroxyl groups is 1. The lowest BCUT2D eigenvalue weighted by atomic mass is 10.1. The standard InChI is InChI=1S/C14H18N2O4/c1-2-20-12-4-3-11(5-10(12)8-17)16-14(19)9-6-13(18)15-7-9/h3-5,9,17H,2,6-8H2,1H3,(H,15,18)(H,16,19). The van der Waals surface area contributed by atoms with Crippen molar-refractivity contribution in [1.29, 1.82) is 0 Å². The highest BCUT2D eigenvalue weighted by molar-refractivity contribution is 5.97. The third-order valence-corrected chi connectivity index (χ3v) is 3.15. The summed E-state index contributed by atoms with van der Waals surface area (Å²) < 4.78 is 5.37. The third-order valence-electron chi connectivity index (χ3n) is 3.15. The van der Waals surface area contributed by atoms with E-state index in [-0.39, 0.29) is 30.8 Å². The number of aliphatic hydroxyl groups excluding tert-OH is 1. The third kappa shape index (κ3) is 3.27. The molecule has 108 valence electrons. The summed E-state index contributed by atoms with van der Waals surface area (Å²) in [4.78, 5) is 23.1. The van der Waals surface area contributed by atoms with Crippen molar-refractivity contribution in [2.45, 2.75) is 20.0 Å². The molecule has 1 saturated heterocycles. The number of hydrogen-bond donors (Lipinski definition) is 3. The van der Waals surface area contributed by atoms with Gasteiger partial charge in [0.2, 0.25) is 11.8 Å². The Bertz CT molecular complexity index is 516. The Morgan fingerprint density at radius 3 is 2.95 bits per heavy atom. The number of carbonyl (C=O) groups excluding carboxylic acids is 2. The molecule has 1 atom stereocenters. The van der Waals surface area contributed by atoms with Crippen molar-refractivity contribution in [3.63, 3.8) is 0 Å². The van der Waals surface area contributed by atoms with Crippen LogP contribution in [0.15, 0.2) is 18.2 Å². The van der Waals surface area contributed by atoms with Crippen LogP contribution in [-0.2, 0) is 16.2 Å². The van der Waals surface area contributed by atoms with E-state index in [1.54, 1.807) is 18.2 Å². The second-order valence-corrected chi connectivity index (χ2v) is 4.61. The zero-order valence-corrected chi connectivity index (χ0v) is 11.3. The number of anilines is 1. The van der Waals surface area contributed by atoms with E-state index in [4.69, 9.17) is 4.74 Å². The fourth-order valence-corrected chi connectivity index (χ4v) is 2.11. The summed E-state index contributed by atoms with van der Waals surface area (Å²) in [5, 5.41) is 14.7. The van der Waals surface area contributed by atoms with E-state index in [2.05, 4.69) is 10.6 Å². The Balaban J connectivity index is 2.05. The van der Waals surface area contributed by atoms with Crippen LogP contribution in [0.2, 0.25) is 0 Å². The second-order valence-electron chi connectivity index (χ2n) is 4.61. The average Bonchev–Trinajstić information content (AvgIpc) is 2.87. The zero-order valence-electron chi connectivity index (χ0n) is 11.3. The normalized spacial score (nSPS) is 17.7. The number of amides is 2. The topological polar surface area (TPSA) is 87.7 Å². The first-order chi connectivity index (χ1) is 9.63. The van der Waals surface area contributed by atoms with E-state index in [0.717, 1.165) is 0 Å². The van der Waals surface area contributed by atoms with E-state index in [0.29, 0.717) is 30.2 Å². The Kier molecular flexibility index (Phi) is 4.57. The molecule has 20 heavy (non-hydrogen) atoms. The van der Waals surface area contributed by atoms with Gasteiger partial charge in [0.15, 0.2) is 0 Å². The molecule has 1 fully saturated rings. The predicted octanol–water partition coefficient (Wildman–Crippen LogP) is 0.652. The van der Waals surface area contributed by atoms with Crippen LogP contribution in [0.25, 0.3) is 0 Å². The van der Waals surface area contributed by atoms with E-state index < -0.39 is 0 Å². The molecule has 0 aromatic heterocycles. The maximum Gasteiger partial charge on any atom is 0.229 e. The lowest BCUT2D eigenvalue weighted by Gasteiger charge is -2.13. The van der Waals surface area contributed by atoms with Crippen molar-refractivity contribution in [2.24, 2.45) is 5.92 Å². The Morgan fingerprint density at radius 2 is 2.35 bits per heavy atom. The fourth-order valence-electron chi connectivity index (χ4n) is 2.11. The van der Waals surface area contributed by atoms with Gasteiger partial charge in [-0.2, -0.15) is 0 Å². The van der Waals surface area contributed by atoms with Gasteiger partial charge in [-0.15, -0.1) is 0 Å². The summed E-state index contributed by atoms with van der Waals surface area (Å²) in [7, 11) is 0. The predicted molar refractivity (Wildman–Crippen MR) is 73.3 cm³/mol. The first-order valence-electron chi connectivity index (χ1n) is 6.58. The summed E-state index contributed by atoms with van der Waals surface area (Å²) in [6.45, 7) is 2.58. The number of rotatable bonds is 5. The molecule has 0 saturated carbocycles. The van der Waals surface area contributed by atoms with Crippen LogP contribution in [0.1, 0.15) is 18.9 Å². The summed E-state index contributed by atoms with van der Waals surface area (Å²) in [6, 6.07) is 5.10. The molecule has 0 aliphatic carbocycles. The number of ether oxygens (including phenoxy) is 1. The molecule has 2 rings (SSSR count). The summed E-state index contributed by atoms with van der Waals surface area (Å²) in [5.41, 5.74) is 1.20. The van der Waals surface area contributed by atoms with Crippen LogP contribution >= 0.6 is 0 Å². The van der Waals surface area contributed by atoms with Crippen LogP contribution in [-0.4, -0.2) is 30.1 Å². The first-order valence-corrected chi connectivity index (χ1v) is 6.58. The average molecular weight is 278 g/mol. The van der Waals surface area contributed by atoms with Gasteiger partial charge in [-0.1, -0.05) is 0 Å². The molecule has 1 aliphatic rings. The zero-order chi connectivity index (χ0) is 14.5. The van der Waals surface area contributed by atoms with Crippen LogP contribution in [0.4, 0.5) is 5.69 Å². The SMILES string of the molecule is CCOc1ccc(NC(=O)C2CNC(=O)C2)cc1CO. The maximum atomic E-state index is 12.0. The molecule has 1 unspecified atom stereocenters. The number of nitrogens with one attached hydrogen (secondary N) is 2. The fraction of sp³-hybridized carbons (Fsp3) is 0.429. The number of benzene rings is 1. The first kappa shape index (κ1) is 14.3. The van der Waals surface area contributed by atoms with Gasteiger partial charge < -0.3 is 20.5 Å². The molecule has 1 aliphatic heterocycles. The minimum absolute atomic E-state index is 0.104. The monoisotopic (exact) mass is 278 g/mol. The number of carbonyl (C=O) groups is 2.